The van der Waals surface area contributed by atoms with Crippen LogP contribution in [-0.2, 0) is 10.0 Å². The molecule has 2 heterocycles. The van der Waals surface area contributed by atoms with E-state index in [0.717, 1.165) is 10.4 Å². The maximum Gasteiger partial charge on any atom is 0.271 e. The van der Waals surface area contributed by atoms with Crippen LogP contribution in [-0.4, -0.2) is 28.6 Å². The summed E-state index contributed by atoms with van der Waals surface area (Å²) in [6.45, 7) is 3.68. The fraction of sp³-hybridized carbons (Fsp3) is 0.154. The van der Waals surface area contributed by atoms with Gasteiger partial charge in [0, 0.05) is 4.88 Å². The van der Waals surface area contributed by atoms with Crippen molar-refractivity contribution in [3.8, 4) is 5.69 Å². The van der Waals surface area contributed by atoms with Crippen LogP contribution in [0.15, 0.2) is 40.9 Å². The summed E-state index contributed by atoms with van der Waals surface area (Å²) in [6, 6.07) is 8.66. The van der Waals surface area contributed by atoms with Gasteiger partial charge in [0.25, 0.3) is 10.0 Å². The van der Waals surface area contributed by atoms with E-state index in [0.29, 0.717) is 11.4 Å². The minimum atomic E-state index is -3.59. The van der Waals surface area contributed by atoms with Crippen LogP contribution >= 0.6 is 11.3 Å². The Hall–Kier alpha value is -2.26. The monoisotopic (exact) mass is 335 g/mol. The second kappa shape index (κ2) is 5.50. The van der Waals surface area contributed by atoms with E-state index in [2.05, 4.69) is 20.2 Å². The summed E-state index contributed by atoms with van der Waals surface area (Å²) in [7, 11) is -3.59. The minimum absolute atomic E-state index is 0.289. The fourth-order valence-corrected chi connectivity index (χ4v) is 4.41. The van der Waals surface area contributed by atoms with Gasteiger partial charge in [-0.3, -0.25) is 4.72 Å². The van der Waals surface area contributed by atoms with Crippen molar-refractivity contribution in [2.75, 3.05) is 4.72 Å². The third-order valence-electron chi connectivity index (χ3n) is 3.13. The fourth-order valence-electron chi connectivity index (χ4n) is 2.01. The van der Waals surface area contributed by atoms with Crippen LogP contribution < -0.4 is 4.72 Å². The molecule has 1 aromatic carbocycles. The van der Waals surface area contributed by atoms with Gasteiger partial charge in [0.2, 0.25) is 0 Å². The molecule has 7 nitrogen and oxygen atoms in total. The highest BCUT2D eigenvalue weighted by atomic mass is 32.2. The molecule has 9 heteroatoms. The second-order valence-electron chi connectivity index (χ2n) is 4.67. The third-order valence-corrected chi connectivity index (χ3v) is 5.98. The molecular weight excluding hydrogens is 322 g/mol. The van der Waals surface area contributed by atoms with E-state index in [4.69, 9.17) is 0 Å². The summed E-state index contributed by atoms with van der Waals surface area (Å²) in [4.78, 5) is 0.944. The number of tetrazole rings is 1. The van der Waals surface area contributed by atoms with E-state index >= 15 is 0 Å². The zero-order valence-electron chi connectivity index (χ0n) is 11.9. The molecule has 114 valence electrons. The van der Waals surface area contributed by atoms with Crippen LogP contribution in [0.25, 0.3) is 5.69 Å². The van der Waals surface area contributed by atoms with Gasteiger partial charge >= 0.3 is 0 Å². The molecule has 22 heavy (non-hydrogen) atoms. The Morgan fingerprint density at radius 3 is 2.64 bits per heavy atom. The molecular formula is C13H13N5O2S2. The first-order valence-corrected chi connectivity index (χ1v) is 8.69. The van der Waals surface area contributed by atoms with Crippen LogP contribution in [0.5, 0.6) is 0 Å². The Morgan fingerprint density at radius 1 is 1.18 bits per heavy atom. The highest BCUT2D eigenvalue weighted by Gasteiger charge is 2.18. The molecule has 0 saturated carbocycles. The number of aromatic nitrogens is 4. The van der Waals surface area contributed by atoms with Crippen molar-refractivity contribution >= 4 is 27.0 Å². The minimum Gasteiger partial charge on any atom is -0.279 e. The SMILES string of the molecule is Cc1ccc(S(=O)(=O)Nc2cccc(-n3cnnn3)c2C)s1. The Morgan fingerprint density at radius 2 is 2.00 bits per heavy atom. The Labute approximate surface area is 131 Å². The topological polar surface area (TPSA) is 89.8 Å². The molecule has 0 aliphatic rings. The summed E-state index contributed by atoms with van der Waals surface area (Å²) in [6.07, 6.45) is 1.46. The van der Waals surface area contributed by atoms with E-state index in [9.17, 15) is 8.42 Å². The zero-order chi connectivity index (χ0) is 15.7. The van der Waals surface area contributed by atoms with Crippen LogP contribution in [0.3, 0.4) is 0 Å². The van der Waals surface area contributed by atoms with Gasteiger partial charge in [-0.2, -0.15) is 0 Å². The largest absolute Gasteiger partial charge is 0.279 e. The molecule has 3 aromatic rings. The molecule has 0 amide bonds. The number of sulfonamides is 1. The summed E-state index contributed by atoms with van der Waals surface area (Å²) in [5.41, 5.74) is 1.96. The first-order chi connectivity index (χ1) is 10.5. The number of thiophene rings is 1. The van der Waals surface area contributed by atoms with Crippen LogP contribution in [0.4, 0.5) is 5.69 Å². The van der Waals surface area contributed by atoms with Gasteiger partial charge in [-0.25, -0.2) is 13.1 Å². The smallest absolute Gasteiger partial charge is 0.271 e. The molecule has 2 aromatic heterocycles. The first-order valence-electron chi connectivity index (χ1n) is 6.39. The predicted octanol–water partition coefficient (Wildman–Crippen LogP) is 2.14. The summed E-state index contributed by atoms with van der Waals surface area (Å²) >= 11 is 1.23. The number of nitrogens with zero attached hydrogens (tertiary/aromatic N) is 4. The average Bonchev–Trinajstić information content (AvgIpc) is 3.12. The number of hydrogen-bond acceptors (Lipinski definition) is 6. The molecule has 3 rings (SSSR count). The Bertz CT molecular complexity index is 900. The van der Waals surface area contributed by atoms with Crippen LogP contribution in [0.1, 0.15) is 10.4 Å². The molecule has 0 aliphatic carbocycles. The van der Waals surface area contributed by atoms with Gasteiger partial charge in [0.15, 0.2) is 0 Å². The molecule has 0 saturated heterocycles. The summed E-state index contributed by atoms with van der Waals surface area (Å²) in [5, 5.41) is 11.0. The van der Waals surface area contributed by atoms with Gasteiger partial charge in [-0.1, -0.05) is 6.07 Å². The van der Waals surface area contributed by atoms with Gasteiger partial charge in [-0.15, -0.1) is 16.4 Å². The highest BCUT2D eigenvalue weighted by molar-refractivity contribution is 7.94. The highest BCUT2D eigenvalue weighted by Crippen LogP contribution is 2.27. The van der Waals surface area contributed by atoms with Crippen molar-refractivity contribution in [2.24, 2.45) is 0 Å². The van der Waals surface area contributed by atoms with Gasteiger partial charge < -0.3 is 0 Å². The average molecular weight is 335 g/mol. The van der Waals surface area contributed by atoms with Gasteiger partial charge in [-0.05, 0) is 54.1 Å². The Kier molecular flexibility index (Phi) is 3.67. The number of benzene rings is 1. The van der Waals surface area contributed by atoms with E-state index in [1.165, 1.54) is 22.3 Å². The van der Waals surface area contributed by atoms with E-state index in [1.807, 2.05) is 19.9 Å². The molecule has 0 radical (unpaired) electrons. The molecule has 0 bridgehead atoms. The molecule has 0 atom stereocenters. The number of rotatable bonds is 4. The Balaban J connectivity index is 1.98. The molecule has 0 spiro atoms. The number of nitrogens with one attached hydrogen (secondary N) is 1. The lowest BCUT2D eigenvalue weighted by molar-refractivity contribution is 0.603. The van der Waals surface area contributed by atoms with E-state index in [-0.39, 0.29) is 4.21 Å². The third kappa shape index (κ3) is 2.72. The normalized spacial score (nSPS) is 11.5. The van der Waals surface area contributed by atoms with E-state index in [1.54, 1.807) is 24.3 Å². The van der Waals surface area contributed by atoms with Crippen LogP contribution in [0, 0.1) is 13.8 Å². The molecule has 0 aliphatic heterocycles. The zero-order valence-corrected chi connectivity index (χ0v) is 13.5. The van der Waals surface area contributed by atoms with Crippen molar-refractivity contribution in [3.05, 3.63) is 47.1 Å². The van der Waals surface area contributed by atoms with Crippen molar-refractivity contribution in [3.63, 3.8) is 0 Å². The lowest BCUT2D eigenvalue weighted by Crippen LogP contribution is -2.13. The van der Waals surface area contributed by atoms with Gasteiger partial charge in [0.1, 0.15) is 10.5 Å². The van der Waals surface area contributed by atoms with Crippen molar-refractivity contribution in [1.82, 2.24) is 20.2 Å². The number of hydrogen-bond donors (Lipinski definition) is 1. The standard InChI is InChI=1S/C13H13N5O2S2/c1-9-6-7-13(21-9)22(19,20)15-11-4-3-5-12(10(11)2)18-8-14-16-17-18/h3-8,15H,1-2H3. The van der Waals surface area contributed by atoms with Crippen LogP contribution in [0.2, 0.25) is 0 Å². The second-order valence-corrected chi connectivity index (χ2v) is 7.87. The van der Waals surface area contributed by atoms with E-state index < -0.39 is 10.0 Å². The van der Waals surface area contributed by atoms with Crippen molar-refractivity contribution in [2.45, 2.75) is 18.1 Å². The van der Waals surface area contributed by atoms with Crippen molar-refractivity contribution in [1.29, 1.82) is 0 Å². The predicted molar refractivity (Wildman–Crippen MR) is 83.8 cm³/mol. The summed E-state index contributed by atoms with van der Waals surface area (Å²) < 4.78 is 29.2. The number of aryl methyl sites for hydroxylation is 1. The van der Waals surface area contributed by atoms with Gasteiger partial charge in [0.05, 0.1) is 11.4 Å². The van der Waals surface area contributed by atoms with Crippen molar-refractivity contribution < 1.29 is 8.42 Å². The quantitative estimate of drug-likeness (QED) is 0.789. The lowest BCUT2D eigenvalue weighted by atomic mass is 10.1. The molecule has 0 fully saturated rings. The number of anilines is 1. The lowest BCUT2D eigenvalue weighted by Gasteiger charge is -2.12. The maximum atomic E-state index is 12.4. The molecule has 0 unspecified atom stereocenters. The first kappa shape index (κ1) is 14.7. The summed E-state index contributed by atoms with van der Waals surface area (Å²) in [5.74, 6) is 0. The molecule has 1 N–H and O–H groups in total. The maximum absolute atomic E-state index is 12.4.